The van der Waals surface area contributed by atoms with Crippen LogP contribution in [0.15, 0.2) is 9.98 Å². The fraction of sp³-hybridized carbons (Fsp3) is 0.333. The van der Waals surface area contributed by atoms with Crippen molar-refractivity contribution in [2.24, 2.45) is 9.98 Å². The Hall–Kier alpha value is 2.30. The van der Waals surface area contributed by atoms with E-state index >= 15 is 0 Å². The van der Waals surface area contributed by atoms with Crippen LogP contribution in [0.1, 0.15) is 5.56 Å². The van der Waals surface area contributed by atoms with E-state index in [1.54, 1.807) is 0 Å². The number of aliphatic imine (C=N–C) groups is 2. The van der Waals surface area contributed by atoms with Gasteiger partial charge in [-0.2, -0.15) is 9.98 Å². The van der Waals surface area contributed by atoms with Crippen molar-refractivity contribution >= 4 is 180 Å². The molecule has 0 spiro atoms. The smallest absolute Gasteiger partial charge is 0.193 e. The molecule has 154 valence electrons. The topological polar surface area (TPSA) is 24.7 Å². The highest BCUT2D eigenvalue weighted by Gasteiger charge is 2.70. The molecule has 1 aromatic carbocycles. The average molecular weight is 662 g/mol. The van der Waals surface area contributed by atoms with Crippen LogP contribution < -0.4 is 0 Å². The Morgan fingerprint density at radius 1 is 0.643 bits per heavy atom. The fourth-order valence-corrected chi connectivity index (χ4v) is 5.42. The summed E-state index contributed by atoms with van der Waals surface area (Å²) in [5, 5.41) is 2.92. The van der Waals surface area contributed by atoms with Crippen molar-refractivity contribution in [1.82, 2.24) is 0 Å². The molecular weight excluding hydrogens is 662 g/mol. The molecule has 16 heteroatoms. The summed E-state index contributed by atoms with van der Waals surface area (Å²) in [5.41, 5.74) is -0.621. The van der Waals surface area contributed by atoms with E-state index in [1.807, 2.05) is 5.16 Å². The van der Waals surface area contributed by atoms with Gasteiger partial charge in [0.05, 0.1) is 30.4 Å². The molecule has 1 aromatic rings. The van der Waals surface area contributed by atoms with Crippen molar-refractivity contribution in [1.29, 1.82) is 0 Å². The van der Waals surface area contributed by atoms with E-state index in [1.165, 1.54) is 0 Å². The second-order valence-electron chi connectivity index (χ2n) is 4.65. The summed E-state index contributed by atoms with van der Waals surface area (Å²) in [6, 6.07) is 0. The van der Waals surface area contributed by atoms with Crippen LogP contribution in [-0.4, -0.2) is 23.4 Å². The van der Waals surface area contributed by atoms with E-state index < -0.39 is 17.5 Å². The molecule has 0 atom stereocenters. The maximum atomic E-state index is 6.45. The van der Waals surface area contributed by atoms with Crippen LogP contribution in [0.4, 0.5) is 5.69 Å². The Morgan fingerprint density at radius 2 is 1.11 bits per heavy atom. The minimum absolute atomic E-state index is 0.183. The Morgan fingerprint density at radius 3 is 1.54 bits per heavy atom. The molecule has 0 aromatic heterocycles. The van der Waals surface area contributed by atoms with Gasteiger partial charge in [-0.25, -0.2) is 0 Å². The molecule has 0 N–H and O–H groups in total. The standard InChI is InChI=1S/C12Cl12N2S2/c13-4-3(8(25-1-27)7(16)6(15)5(4)14)9(17,18)10(19,20)11(21,22)12(23,24)26-2-28. The van der Waals surface area contributed by atoms with Gasteiger partial charge in [-0.1, -0.05) is 139 Å². The van der Waals surface area contributed by atoms with E-state index in [9.17, 15) is 0 Å². The van der Waals surface area contributed by atoms with Gasteiger partial charge in [-0.05, 0) is 24.4 Å². The molecule has 0 saturated carbocycles. The Balaban J connectivity index is 4.00. The maximum absolute atomic E-state index is 6.45. The number of thiocarbonyl (C=S) groups is 2. The lowest BCUT2D eigenvalue weighted by atomic mass is 10.0. The summed E-state index contributed by atoms with van der Waals surface area (Å²) < 4.78 is -10.3. The van der Waals surface area contributed by atoms with Crippen LogP contribution in [0.25, 0.3) is 0 Å². The van der Waals surface area contributed by atoms with Crippen molar-refractivity contribution in [2.45, 2.75) is 17.5 Å². The predicted octanol–water partition coefficient (Wildman–Crippen LogP) is 10.2. The molecule has 0 heterocycles. The Labute approximate surface area is 230 Å². The highest BCUT2D eigenvalue weighted by atomic mass is 35.6. The SMILES string of the molecule is S=C=Nc1c(Cl)c(Cl)c(Cl)c(Cl)c1C(Cl)(Cl)C(Cl)(Cl)C(Cl)(Cl)C(Cl)(Cl)N=C=S. The van der Waals surface area contributed by atoms with E-state index in [-0.39, 0.29) is 31.3 Å². The second kappa shape index (κ2) is 10.1. The summed E-state index contributed by atoms with van der Waals surface area (Å²) in [6.07, 6.45) is 0. The third kappa shape index (κ3) is 4.80. The summed E-state index contributed by atoms with van der Waals surface area (Å²) in [5.74, 6) is 0. The molecule has 0 unspecified atom stereocenters. The van der Waals surface area contributed by atoms with Crippen molar-refractivity contribution in [3.8, 4) is 0 Å². The van der Waals surface area contributed by atoms with Gasteiger partial charge in [0.25, 0.3) is 4.46 Å². The first kappa shape index (κ1) is 28.3. The summed E-state index contributed by atoms with van der Waals surface area (Å²) in [7, 11) is 0. The normalized spacial score (nSPS) is 13.0. The molecule has 2 nitrogen and oxygen atoms in total. The average Bonchev–Trinajstić information content (AvgIpc) is 2.57. The van der Waals surface area contributed by atoms with Gasteiger partial charge >= 0.3 is 0 Å². The van der Waals surface area contributed by atoms with Gasteiger partial charge in [-0.15, -0.1) is 0 Å². The minimum Gasteiger partial charge on any atom is -0.193 e. The molecule has 0 bridgehead atoms. The van der Waals surface area contributed by atoms with Crippen LogP contribution >= 0.6 is 164 Å². The third-order valence-electron chi connectivity index (χ3n) is 3.07. The van der Waals surface area contributed by atoms with Gasteiger partial charge in [0.2, 0.25) is 4.33 Å². The quantitative estimate of drug-likeness (QED) is 0.0757. The van der Waals surface area contributed by atoms with E-state index in [2.05, 4.69) is 39.6 Å². The number of alkyl halides is 8. The van der Waals surface area contributed by atoms with Crippen molar-refractivity contribution in [3.63, 3.8) is 0 Å². The van der Waals surface area contributed by atoms with Crippen molar-refractivity contribution in [2.75, 3.05) is 0 Å². The predicted molar refractivity (Wildman–Crippen MR) is 133 cm³/mol. The van der Waals surface area contributed by atoms with Crippen LogP contribution in [-0.2, 0) is 4.33 Å². The molecule has 0 aliphatic rings. The third-order valence-corrected chi connectivity index (χ3v) is 10.1. The van der Waals surface area contributed by atoms with Crippen LogP contribution in [0.2, 0.25) is 20.1 Å². The van der Waals surface area contributed by atoms with E-state index in [0.29, 0.717) is 0 Å². The zero-order chi connectivity index (χ0) is 22.3. The number of benzene rings is 1. The summed E-state index contributed by atoms with van der Waals surface area (Å²) in [6.45, 7) is 0. The molecule has 1 rings (SSSR count). The first-order chi connectivity index (χ1) is 12.5. The number of hydrogen-bond acceptors (Lipinski definition) is 4. The lowest BCUT2D eigenvalue weighted by molar-refractivity contribution is 0.550. The van der Waals surface area contributed by atoms with Crippen LogP contribution in [0.3, 0.4) is 0 Å². The zero-order valence-corrected chi connectivity index (χ0v) is 23.0. The maximum Gasteiger partial charge on any atom is 0.252 e. The van der Waals surface area contributed by atoms with E-state index in [0.717, 1.165) is 0 Å². The minimum atomic E-state index is -2.67. The number of halogens is 12. The second-order valence-corrected chi connectivity index (χ2v) is 11.8. The first-order valence-electron chi connectivity index (χ1n) is 6.07. The molecule has 0 aliphatic heterocycles. The highest BCUT2D eigenvalue weighted by Crippen LogP contribution is 2.67. The van der Waals surface area contributed by atoms with E-state index in [4.69, 9.17) is 139 Å². The number of isothiocyanates is 2. The number of nitrogens with zero attached hydrogens (tertiary/aromatic N) is 2. The fourth-order valence-electron chi connectivity index (χ4n) is 1.73. The zero-order valence-electron chi connectivity index (χ0n) is 12.2. The molecule has 0 amide bonds. The lowest BCUT2D eigenvalue weighted by Gasteiger charge is -2.44. The first-order valence-corrected chi connectivity index (χ1v) is 11.4. The Bertz CT molecular complexity index is 901. The van der Waals surface area contributed by atoms with Crippen LogP contribution in [0, 0.1) is 0 Å². The monoisotopic (exact) mass is 656 g/mol. The molecule has 0 aliphatic carbocycles. The lowest BCUT2D eigenvalue weighted by Crippen LogP contribution is -2.56. The Kier molecular flexibility index (Phi) is 10.2. The van der Waals surface area contributed by atoms with Gasteiger partial charge < -0.3 is 0 Å². The summed E-state index contributed by atoms with van der Waals surface area (Å²) in [4.78, 5) is 7.16. The summed E-state index contributed by atoms with van der Waals surface area (Å²) >= 11 is 83.5. The molecule has 0 radical (unpaired) electrons. The van der Waals surface area contributed by atoms with Crippen molar-refractivity contribution < 1.29 is 0 Å². The number of rotatable bonds is 6. The highest BCUT2D eigenvalue weighted by molar-refractivity contribution is 7.78. The van der Waals surface area contributed by atoms with Gasteiger partial charge in [-0.3, -0.25) is 0 Å². The van der Waals surface area contributed by atoms with Crippen LogP contribution in [0.5, 0.6) is 0 Å². The van der Waals surface area contributed by atoms with Gasteiger partial charge in [0, 0.05) is 5.56 Å². The van der Waals surface area contributed by atoms with Crippen molar-refractivity contribution in [3.05, 3.63) is 25.7 Å². The molecule has 0 fully saturated rings. The van der Waals surface area contributed by atoms with Gasteiger partial charge in [0.1, 0.15) is 5.69 Å². The molecular formula is C12Cl12N2S2. The van der Waals surface area contributed by atoms with Gasteiger partial charge in [0.15, 0.2) is 8.67 Å². The number of hydrogen-bond donors (Lipinski definition) is 0. The largest absolute Gasteiger partial charge is 0.252 e. The molecule has 0 saturated heterocycles. The molecule has 28 heavy (non-hydrogen) atoms.